The van der Waals surface area contributed by atoms with Gasteiger partial charge in [-0.25, -0.2) is 0 Å². The highest BCUT2D eigenvalue weighted by atomic mass is 16.6. The molecule has 0 bridgehead atoms. The number of hydrogen-bond acceptors (Lipinski definition) is 4. The van der Waals surface area contributed by atoms with Crippen molar-refractivity contribution in [2.45, 2.75) is 0 Å². The van der Waals surface area contributed by atoms with Crippen LogP contribution in [0.3, 0.4) is 0 Å². The van der Waals surface area contributed by atoms with Crippen LogP contribution in [0.5, 0.6) is 0 Å². The second-order valence-electron chi connectivity index (χ2n) is 4.67. The number of amides is 1. The lowest BCUT2D eigenvalue weighted by Gasteiger charge is -2.13. The molecule has 2 aromatic carbocycles. The summed E-state index contributed by atoms with van der Waals surface area (Å²) < 4.78 is 0. The predicted octanol–water partition coefficient (Wildman–Crippen LogP) is 2.91. The molecule has 0 spiro atoms. The van der Waals surface area contributed by atoms with Crippen LogP contribution in [-0.2, 0) is 0 Å². The molecule has 0 aliphatic carbocycles. The average Bonchev–Trinajstić information content (AvgIpc) is 2.47. The Balaban J connectivity index is 2.26. The fourth-order valence-electron chi connectivity index (χ4n) is 1.86. The smallest absolute Gasteiger partial charge is 0.292 e. The maximum Gasteiger partial charge on any atom is 0.292 e. The molecule has 2 rings (SSSR count). The highest BCUT2D eigenvalue weighted by molar-refractivity contribution is 6.05. The molecule has 0 heterocycles. The third kappa shape index (κ3) is 3.36. The Morgan fingerprint density at radius 2 is 1.86 bits per heavy atom. The SMILES string of the molecule is CN(C)c1cccc(C(=O)Nc2ccccc2[N+](=O)[O-])c1. The van der Waals surface area contributed by atoms with Crippen molar-refractivity contribution in [1.82, 2.24) is 0 Å². The number of nitro groups is 1. The van der Waals surface area contributed by atoms with E-state index in [-0.39, 0.29) is 17.3 Å². The van der Waals surface area contributed by atoms with Gasteiger partial charge >= 0.3 is 0 Å². The van der Waals surface area contributed by atoms with Crippen LogP contribution >= 0.6 is 0 Å². The minimum Gasteiger partial charge on any atom is -0.378 e. The number of para-hydroxylation sites is 2. The van der Waals surface area contributed by atoms with E-state index >= 15 is 0 Å². The van der Waals surface area contributed by atoms with E-state index < -0.39 is 4.92 Å². The maximum atomic E-state index is 12.2. The van der Waals surface area contributed by atoms with Crippen molar-refractivity contribution in [3.8, 4) is 0 Å². The highest BCUT2D eigenvalue weighted by Crippen LogP contribution is 2.24. The summed E-state index contributed by atoms with van der Waals surface area (Å²) in [5, 5.41) is 13.5. The number of anilines is 2. The lowest BCUT2D eigenvalue weighted by atomic mass is 10.1. The second kappa shape index (κ2) is 6.04. The maximum absolute atomic E-state index is 12.2. The summed E-state index contributed by atoms with van der Waals surface area (Å²) in [7, 11) is 3.75. The van der Waals surface area contributed by atoms with E-state index in [0.29, 0.717) is 5.56 Å². The fraction of sp³-hybridized carbons (Fsp3) is 0.133. The van der Waals surface area contributed by atoms with E-state index in [9.17, 15) is 14.9 Å². The summed E-state index contributed by atoms with van der Waals surface area (Å²) in [6.07, 6.45) is 0. The minimum absolute atomic E-state index is 0.130. The predicted molar refractivity (Wildman–Crippen MR) is 81.8 cm³/mol. The van der Waals surface area contributed by atoms with Crippen LogP contribution in [0.2, 0.25) is 0 Å². The molecule has 0 saturated heterocycles. The number of hydrogen-bond donors (Lipinski definition) is 1. The van der Waals surface area contributed by atoms with Crippen LogP contribution in [0, 0.1) is 10.1 Å². The quantitative estimate of drug-likeness (QED) is 0.692. The first-order valence-electron chi connectivity index (χ1n) is 6.31. The van der Waals surface area contributed by atoms with Crippen LogP contribution in [0.25, 0.3) is 0 Å². The third-order valence-electron chi connectivity index (χ3n) is 2.97. The summed E-state index contributed by atoms with van der Waals surface area (Å²) in [4.78, 5) is 24.5. The minimum atomic E-state index is -0.522. The third-order valence-corrected chi connectivity index (χ3v) is 2.97. The summed E-state index contributed by atoms with van der Waals surface area (Å²) in [6, 6.07) is 13.1. The van der Waals surface area contributed by atoms with Gasteiger partial charge in [-0.1, -0.05) is 18.2 Å². The van der Waals surface area contributed by atoms with Gasteiger partial charge in [-0.2, -0.15) is 0 Å². The Bertz CT molecular complexity index is 683. The molecule has 0 saturated carbocycles. The van der Waals surface area contributed by atoms with Crippen molar-refractivity contribution in [3.63, 3.8) is 0 Å². The molecule has 108 valence electrons. The zero-order valence-corrected chi connectivity index (χ0v) is 11.7. The molecule has 0 atom stereocenters. The normalized spacial score (nSPS) is 10.0. The monoisotopic (exact) mass is 285 g/mol. The van der Waals surface area contributed by atoms with E-state index in [1.807, 2.05) is 25.1 Å². The number of nitrogens with zero attached hydrogens (tertiary/aromatic N) is 2. The van der Waals surface area contributed by atoms with Crippen LogP contribution in [0.1, 0.15) is 10.4 Å². The van der Waals surface area contributed by atoms with Crippen molar-refractivity contribution in [2.24, 2.45) is 0 Å². The molecule has 0 aliphatic rings. The van der Waals surface area contributed by atoms with Gasteiger partial charge in [0.1, 0.15) is 5.69 Å². The van der Waals surface area contributed by atoms with E-state index in [1.54, 1.807) is 30.3 Å². The van der Waals surface area contributed by atoms with Crippen LogP contribution in [0.4, 0.5) is 17.1 Å². The van der Waals surface area contributed by atoms with Crippen molar-refractivity contribution in [1.29, 1.82) is 0 Å². The van der Waals surface area contributed by atoms with Crippen molar-refractivity contribution >= 4 is 23.0 Å². The fourth-order valence-corrected chi connectivity index (χ4v) is 1.86. The lowest BCUT2D eigenvalue weighted by molar-refractivity contribution is -0.383. The second-order valence-corrected chi connectivity index (χ2v) is 4.67. The molecule has 0 unspecified atom stereocenters. The van der Waals surface area contributed by atoms with Crippen molar-refractivity contribution in [3.05, 3.63) is 64.2 Å². The van der Waals surface area contributed by atoms with Gasteiger partial charge in [0.15, 0.2) is 0 Å². The first kappa shape index (κ1) is 14.5. The standard InChI is InChI=1S/C15H15N3O3/c1-17(2)12-7-5-6-11(10-12)15(19)16-13-8-3-4-9-14(13)18(20)21/h3-10H,1-2H3,(H,16,19). The Morgan fingerprint density at radius 3 is 2.52 bits per heavy atom. The van der Waals surface area contributed by atoms with Crippen molar-refractivity contribution in [2.75, 3.05) is 24.3 Å². The number of nitro benzene ring substituents is 1. The molecule has 0 aliphatic heterocycles. The van der Waals surface area contributed by atoms with Gasteiger partial charge in [-0.05, 0) is 24.3 Å². The van der Waals surface area contributed by atoms with E-state index in [4.69, 9.17) is 0 Å². The molecule has 0 aromatic heterocycles. The highest BCUT2D eigenvalue weighted by Gasteiger charge is 2.15. The zero-order valence-electron chi connectivity index (χ0n) is 11.7. The van der Waals surface area contributed by atoms with Crippen LogP contribution < -0.4 is 10.2 Å². The molecular weight excluding hydrogens is 270 g/mol. The van der Waals surface area contributed by atoms with Gasteiger partial charge in [-0.3, -0.25) is 14.9 Å². The average molecular weight is 285 g/mol. The van der Waals surface area contributed by atoms with Gasteiger partial charge in [-0.15, -0.1) is 0 Å². The van der Waals surface area contributed by atoms with Gasteiger partial charge in [0, 0.05) is 31.4 Å². The van der Waals surface area contributed by atoms with Crippen LogP contribution in [-0.4, -0.2) is 24.9 Å². The van der Waals surface area contributed by atoms with Gasteiger partial charge < -0.3 is 10.2 Å². The van der Waals surface area contributed by atoms with E-state index in [0.717, 1.165) is 5.69 Å². The molecule has 6 nitrogen and oxygen atoms in total. The molecule has 0 fully saturated rings. The number of nitrogens with one attached hydrogen (secondary N) is 1. The Morgan fingerprint density at radius 1 is 1.14 bits per heavy atom. The van der Waals surface area contributed by atoms with Crippen molar-refractivity contribution < 1.29 is 9.72 Å². The molecule has 6 heteroatoms. The molecular formula is C15H15N3O3. The first-order chi connectivity index (χ1) is 9.99. The lowest BCUT2D eigenvalue weighted by Crippen LogP contribution is -2.15. The molecule has 1 N–H and O–H groups in total. The number of benzene rings is 2. The topological polar surface area (TPSA) is 75.5 Å². The van der Waals surface area contributed by atoms with Gasteiger partial charge in [0.2, 0.25) is 0 Å². The Hall–Kier alpha value is -2.89. The van der Waals surface area contributed by atoms with Crippen LogP contribution in [0.15, 0.2) is 48.5 Å². The zero-order chi connectivity index (χ0) is 15.4. The number of carbonyl (C=O) groups is 1. The number of rotatable bonds is 4. The summed E-state index contributed by atoms with van der Waals surface area (Å²) in [5.74, 6) is -0.381. The molecule has 21 heavy (non-hydrogen) atoms. The van der Waals surface area contributed by atoms with Gasteiger partial charge in [0.25, 0.3) is 11.6 Å². The first-order valence-corrected chi connectivity index (χ1v) is 6.31. The summed E-state index contributed by atoms with van der Waals surface area (Å²) >= 11 is 0. The molecule has 2 aromatic rings. The summed E-state index contributed by atoms with van der Waals surface area (Å²) in [5.41, 5.74) is 1.38. The molecule has 0 radical (unpaired) electrons. The van der Waals surface area contributed by atoms with E-state index in [1.165, 1.54) is 12.1 Å². The molecule has 1 amide bonds. The number of carbonyl (C=O) groups excluding carboxylic acids is 1. The van der Waals surface area contributed by atoms with Gasteiger partial charge in [0.05, 0.1) is 4.92 Å². The van der Waals surface area contributed by atoms with E-state index in [2.05, 4.69) is 5.32 Å². The summed E-state index contributed by atoms with van der Waals surface area (Å²) in [6.45, 7) is 0. The largest absolute Gasteiger partial charge is 0.378 e. The Kier molecular flexibility index (Phi) is 4.18. The Labute approximate surface area is 122 Å².